The van der Waals surface area contributed by atoms with Crippen molar-refractivity contribution >= 4 is 29.2 Å². The fraction of sp³-hybridized carbons (Fsp3) is 0.375. The van der Waals surface area contributed by atoms with E-state index in [1.807, 2.05) is 24.3 Å². The molecule has 1 unspecified atom stereocenters. The molecule has 0 radical (unpaired) electrons. The third-order valence-electron chi connectivity index (χ3n) is 5.74. The topological polar surface area (TPSA) is 87.7 Å². The molecule has 0 aliphatic carbocycles. The maximum absolute atomic E-state index is 13.2. The predicted molar refractivity (Wildman–Crippen MR) is 118 cm³/mol. The Morgan fingerprint density at radius 3 is 2.68 bits per heavy atom. The van der Waals surface area contributed by atoms with E-state index in [9.17, 15) is 14.4 Å². The molecule has 2 heterocycles. The highest BCUT2D eigenvalue weighted by Crippen LogP contribution is 2.31. The fourth-order valence-electron chi connectivity index (χ4n) is 4.21. The number of nitrogens with zero attached hydrogens (tertiary/aromatic N) is 1. The summed E-state index contributed by atoms with van der Waals surface area (Å²) in [6, 6.07) is 14.0. The summed E-state index contributed by atoms with van der Waals surface area (Å²) in [4.78, 5) is 40.3. The number of nitrogens with one attached hydrogen (secondary N) is 2. The van der Waals surface area contributed by atoms with Gasteiger partial charge in [-0.25, -0.2) is 4.79 Å². The van der Waals surface area contributed by atoms with Gasteiger partial charge in [0.05, 0.1) is 6.61 Å². The molecule has 2 aliphatic rings. The third kappa shape index (κ3) is 4.55. The average molecular weight is 421 g/mol. The Hall–Kier alpha value is -3.35. The first-order valence-corrected chi connectivity index (χ1v) is 10.8. The van der Waals surface area contributed by atoms with Gasteiger partial charge in [0, 0.05) is 30.9 Å². The van der Waals surface area contributed by atoms with Crippen LogP contribution < -0.4 is 15.5 Å². The molecule has 7 nitrogen and oxygen atoms in total. The summed E-state index contributed by atoms with van der Waals surface area (Å²) in [7, 11) is 0. The second kappa shape index (κ2) is 9.20. The van der Waals surface area contributed by atoms with Crippen LogP contribution in [-0.2, 0) is 25.5 Å². The second-order valence-corrected chi connectivity index (χ2v) is 7.93. The van der Waals surface area contributed by atoms with E-state index in [1.165, 1.54) is 11.3 Å². The molecule has 0 spiro atoms. The Balaban J connectivity index is 1.52. The van der Waals surface area contributed by atoms with Crippen LogP contribution in [0.5, 0.6) is 0 Å². The number of rotatable bonds is 7. The Kier molecular flexibility index (Phi) is 6.21. The summed E-state index contributed by atoms with van der Waals surface area (Å²) in [6.07, 6.45) is 2.43. The minimum absolute atomic E-state index is 0.274. The standard InChI is InChI=1S/C24H27N3O4/c1-2-12-27-13-10-17-15-18(8-9-20(17)27)25-22(28)21(16-6-4-3-5-7-16)23(29)26-19-11-14-31-24(19)30/h3-9,15,19,21H,2,10-14H2,1H3,(H,25,28)(H,26,29)/t19-,21?/m0/s1. The van der Waals surface area contributed by atoms with Crippen molar-refractivity contribution in [3.05, 3.63) is 59.7 Å². The van der Waals surface area contributed by atoms with E-state index in [0.717, 1.165) is 25.9 Å². The van der Waals surface area contributed by atoms with Gasteiger partial charge >= 0.3 is 5.97 Å². The van der Waals surface area contributed by atoms with Crippen LogP contribution in [0.2, 0.25) is 0 Å². The van der Waals surface area contributed by atoms with Crippen LogP contribution in [0.1, 0.15) is 36.8 Å². The van der Waals surface area contributed by atoms with E-state index in [2.05, 4.69) is 22.5 Å². The number of benzene rings is 2. The Bertz CT molecular complexity index is 976. The number of carbonyl (C=O) groups is 3. The molecule has 2 amide bonds. The minimum atomic E-state index is -1.07. The van der Waals surface area contributed by atoms with Gasteiger partial charge in [-0.3, -0.25) is 9.59 Å². The molecule has 7 heteroatoms. The average Bonchev–Trinajstić information content (AvgIpc) is 3.35. The van der Waals surface area contributed by atoms with E-state index in [4.69, 9.17) is 4.74 Å². The van der Waals surface area contributed by atoms with Crippen LogP contribution in [0, 0.1) is 0 Å². The largest absolute Gasteiger partial charge is 0.464 e. The third-order valence-corrected chi connectivity index (χ3v) is 5.74. The number of amides is 2. The van der Waals surface area contributed by atoms with Crippen LogP contribution in [0.15, 0.2) is 48.5 Å². The molecule has 0 bridgehead atoms. The zero-order valence-electron chi connectivity index (χ0n) is 17.6. The molecule has 2 N–H and O–H groups in total. The molecule has 31 heavy (non-hydrogen) atoms. The zero-order chi connectivity index (χ0) is 21.8. The lowest BCUT2D eigenvalue weighted by molar-refractivity contribution is -0.142. The number of anilines is 2. The Morgan fingerprint density at radius 2 is 1.97 bits per heavy atom. The van der Waals surface area contributed by atoms with Gasteiger partial charge in [0.1, 0.15) is 12.0 Å². The van der Waals surface area contributed by atoms with Crippen molar-refractivity contribution in [1.29, 1.82) is 0 Å². The SMILES string of the molecule is CCCN1CCc2cc(NC(=O)C(C(=O)N[C@H]3CCOC3=O)c3ccccc3)ccc21. The molecule has 2 aliphatic heterocycles. The number of hydrogen-bond donors (Lipinski definition) is 2. The van der Waals surface area contributed by atoms with Crippen molar-refractivity contribution in [2.45, 2.75) is 38.1 Å². The first-order valence-electron chi connectivity index (χ1n) is 10.8. The summed E-state index contributed by atoms with van der Waals surface area (Å²) in [5.41, 5.74) is 3.63. The van der Waals surface area contributed by atoms with Crippen LogP contribution >= 0.6 is 0 Å². The van der Waals surface area contributed by atoms with E-state index >= 15 is 0 Å². The maximum Gasteiger partial charge on any atom is 0.328 e. The van der Waals surface area contributed by atoms with Crippen molar-refractivity contribution in [2.75, 3.05) is 29.9 Å². The lowest BCUT2D eigenvalue weighted by Crippen LogP contribution is -2.43. The molecule has 2 atom stereocenters. The predicted octanol–water partition coefficient (Wildman–Crippen LogP) is 2.61. The number of cyclic esters (lactones) is 1. The molecule has 0 aromatic heterocycles. The first kappa shape index (κ1) is 20.9. The van der Waals surface area contributed by atoms with Crippen molar-refractivity contribution in [1.82, 2.24) is 5.32 Å². The van der Waals surface area contributed by atoms with Crippen molar-refractivity contribution < 1.29 is 19.1 Å². The molecule has 1 fully saturated rings. The first-order chi connectivity index (χ1) is 15.1. The molecule has 162 valence electrons. The van der Waals surface area contributed by atoms with Gasteiger partial charge in [-0.2, -0.15) is 0 Å². The summed E-state index contributed by atoms with van der Waals surface area (Å²) >= 11 is 0. The van der Waals surface area contributed by atoms with Crippen LogP contribution in [0.4, 0.5) is 11.4 Å². The molecule has 0 saturated carbocycles. The van der Waals surface area contributed by atoms with E-state index in [-0.39, 0.29) is 6.61 Å². The highest BCUT2D eigenvalue weighted by molar-refractivity contribution is 6.11. The van der Waals surface area contributed by atoms with Gasteiger partial charge in [0.25, 0.3) is 0 Å². The number of ether oxygens (including phenoxy) is 1. The fourth-order valence-corrected chi connectivity index (χ4v) is 4.21. The second-order valence-electron chi connectivity index (χ2n) is 7.93. The van der Waals surface area contributed by atoms with E-state index in [1.54, 1.807) is 24.3 Å². The van der Waals surface area contributed by atoms with Crippen molar-refractivity contribution in [3.8, 4) is 0 Å². The lowest BCUT2D eigenvalue weighted by Gasteiger charge is -2.20. The maximum atomic E-state index is 13.2. The highest BCUT2D eigenvalue weighted by Gasteiger charge is 2.34. The smallest absolute Gasteiger partial charge is 0.328 e. The number of carbonyl (C=O) groups excluding carboxylic acids is 3. The summed E-state index contributed by atoms with van der Waals surface area (Å²) in [6.45, 7) is 4.43. The van der Waals surface area contributed by atoms with Crippen LogP contribution in [-0.4, -0.2) is 43.5 Å². The normalized spacial score (nSPS) is 18.3. The van der Waals surface area contributed by atoms with Crippen LogP contribution in [0.3, 0.4) is 0 Å². The van der Waals surface area contributed by atoms with E-state index in [0.29, 0.717) is 17.7 Å². The van der Waals surface area contributed by atoms with Gasteiger partial charge in [-0.1, -0.05) is 37.3 Å². The molecule has 1 saturated heterocycles. The molecule has 2 aromatic rings. The molecular weight excluding hydrogens is 394 g/mol. The highest BCUT2D eigenvalue weighted by atomic mass is 16.5. The quantitative estimate of drug-likeness (QED) is 0.530. The zero-order valence-corrected chi connectivity index (χ0v) is 17.6. The summed E-state index contributed by atoms with van der Waals surface area (Å²) < 4.78 is 4.92. The Morgan fingerprint density at radius 1 is 1.16 bits per heavy atom. The Labute approximate surface area is 181 Å². The van der Waals surface area contributed by atoms with Gasteiger partial charge < -0.3 is 20.3 Å². The van der Waals surface area contributed by atoms with E-state index < -0.39 is 29.7 Å². The molecule has 2 aromatic carbocycles. The monoisotopic (exact) mass is 421 g/mol. The summed E-state index contributed by atoms with van der Waals surface area (Å²) in [5, 5.41) is 5.57. The molecular formula is C24H27N3O4. The minimum Gasteiger partial charge on any atom is -0.464 e. The lowest BCUT2D eigenvalue weighted by atomic mass is 9.96. The van der Waals surface area contributed by atoms with Crippen LogP contribution in [0.25, 0.3) is 0 Å². The number of hydrogen-bond acceptors (Lipinski definition) is 5. The molecule has 4 rings (SSSR count). The van der Waals surface area contributed by atoms with Gasteiger partial charge in [-0.15, -0.1) is 0 Å². The van der Waals surface area contributed by atoms with Gasteiger partial charge in [-0.05, 0) is 42.2 Å². The van der Waals surface area contributed by atoms with Gasteiger partial charge in [0.2, 0.25) is 11.8 Å². The number of esters is 1. The van der Waals surface area contributed by atoms with Crippen molar-refractivity contribution in [2.24, 2.45) is 0 Å². The van der Waals surface area contributed by atoms with Crippen molar-refractivity contribution in [3.63, 3.8) is 0 Å². The number of fused-ring (bicyclic) bond motifs is 1. The summed E-state index contributed by atoms with van der Waals surface area (Å²) in [5.74, 6) is -2.48. The van der Waals surface area contributed by atoms with Gasteiger partial charge in [0.15, 0.2) is 0 Å².